The summed E-state index contributed by atoms with van der Waals surface area (Å²) in [4.78, 5) is 11.2. The van der Waals surface area contributed by atoms with Crippen molar-refractivity contribution in [1.82, 2.24) is 0 Å². The quantitative estimate of drug-likeness (QED) is 0.591. The molecule has 12 heavy (non-hydrogen) atoms. The average Bonchev–Trinajstić information content (AvgIpc) is 1.79. The van der Waals surface area contributed by atoms with E-state index in [1.54, 1.807) is 0 Å². The summed E-state index contributed by atoms with van der Waals surface area (Å²) in [5, 5.41) is 0. The molecule has 0 amide bonds. The summed E-state index contributed by atoms with van der Waals surface area (Å²) in [6.07, 6.45) is 2.91. The highest BCUT2D eigenvalue weighted by Gasteiger charge is 2.12. The number of hydrogen-bond donors (Lipinski definition) is 0. The van der Waals surface area contributed by atoms with Crippen molar-refractivity contribution in [2.24, 2.45) is 0 Å². The number of rotatable bonds is 5. The first-order chi connectivity index (χ1) is 4.95. The van der Waals surface area contributed by atoms with Crippen LogP contribution in [0.4, 0.5) is 0 Å². The molecule has 0 aromatic rings. The third-order valence-electron chi connectivity index (χ3n) is 1.46. The maximum Gasteiger partial charge on any atom is 0.186 e. The highest BCUT2D eigenvalue weighted by Crippen LogP contribution is 1.98. The second-order valence-electron chi connectivity index (χ2n) is 4.09. The summed E-state index contributed by atoms with van der Waals surface area (Å²) in [7, 11) is 6.14. The van der Waals surface area contributed by atoms with Gasteiger partial charge in [-0.1, -0.05) is 13.3 Å². The van der Waals surface area contributed by atoms with Gasteiger partial charge in [-0.05, 0) is 6.42 Å². The lowest BCUT2D eigenvalue weighted by molar-refractivity contribution is -0.862. The smallest absolute Gasteiger partial charge is 0.186 e. The molecule has 3 heteroatoms. The van der Waals surface area contributed by atoms with Gasteiger partial charge in [0.15, 0.2) is 5.78 Å². The minimum atomic E-state index is 0. The van der Waals surface area contributed by atoms with Crippen LogP contribution in [0.25, 0.3) is 0 Å². The zero-order valence-electron chi connectivity index (χ0n) is 8.63. The molecule has 3 nitrogen and oxygen atoms in total. The maximum absolute atomic E-state index is 11.2. The Morgan fingerprint density at radius 2 is 1.75 bits per heavy atom. The Hall–Kier alpha value is -0.410. The molecular weight excluding hydrogens is 154 g/mol. The van der Waals surface area contributed by atoms with Crippen LogP contribution in [-0.4, -0.2) is 43.4 Å². The van der Waals surface area contributed by atoms with Crippen LogP contribution in [-0.2, 0) is 4.79 Å². The second-order valence-corrected chi connectivity index (χ2v) is 4.09. The number of unbranched alkanes of at least 4 members (excludes halogenated alkanes) is 1. The predicted octanol–water partition coefficient (Wildman–Crippen LogP) is 1.28. The van der Waals surface area contributed by atoms with Crippen molar-refractivity contribution >= 4 is 5.78 Å². The molecule has 0 radical (unpaired) electrons. The van der Waals surface area contributed by atoms with Crippen molar-refractivity contribution in [2.45, 2.75) is 26.2 Å². The van der Waals surface area contributed by atoms with Gasteiger partial charge in [0.25, 0.3) is 0 Å². The van der Waals surface area contributed by atoms with Gasteiger partial charge < -0.3 is 9.96 Å². The zero-order valence-corrected chi connectivity index (χ0v) is 8.63. The second kappa shape index (κ2) is 6.14. The van der Waals surface area contributed by atoms with E-state index in [4.69, 9.17) is 0 Å². The minimum Gasteiger partial charge on any atom is -0.870 e. The van der Waals surface area contributed by atoms with Gasteiger partial charge in [-0.2, -0.15) is 0 Å². The van der Waals surface area contributed by atoms with Crippen LogP contribution in [0.15, 0.2) is 0 Å². The van der Waals surface area contributed by atoms with Crippen LogP contribution in [0.2, 0.25) is 0 Å². The van der Waals surface area contributed by atoms with Crippen molar-refractivity contribution in [2.75, 3.05) is 27.7 Å². The third kappa shape index (κ3) is 9.59. The molecule has 0 atom stereocenters. The molecule has 0 rings (SSSR count). The molecular formula is C9H21NO2. The number of nitrogens with zero attached hydrogens (tertiary/aromatic N) is 1. The van der Waals surface area contributed by atoms with Gasteiger partial charge in [0.05, 0.1) is 21.1 Å². The normalized spacial score (nSPS) is 10.7. The molecule has 74 valence electrons. The molecule has 0 fully saturated rings. The van der Waals surface area contributed by atoms with Crippen molar-refractivity contribution in [3.05, 3.63) is 0 Å². The summed E-state index contributed by atoms with van der Waals surface area (Å²) in [5.74, 6) is 0.388. The van der Waals surface area contributed by atoms with E-state index in [0.29, 0.717) is 12.3 Å². The van der Waals surface area contributed by atoms with Gasteiger partial charge in [-0.3, -0.25) is 4.79 Å². The molecule has 0 aliphatic heterocycles. The number of likely N-dealkylation sites (N-methyl/N-ethyl adjacent to an activating group) is 1. The Labute approximate surface area is 75.3 Å². The van der Waals surface area contributed by atoms with E-state index in [0.717, 1.165) is 23.7 Å². The number of Topliss-reactive ketones (excluding diaryl/α,β-unsaturated/α-hetero) is 1. The Kier molecular flexibility index (Phi) is 7.24. The van der Waals surface area contributed by atoms with Gasteiger partial charge >= 0.3 is 0 Å². The summed E-state index contributed by atoms with van der Waals surface area (Å²) >= 11 is 0. The molecule has 0 unspecified atom stereocenters. The first-order valence-electron chi connectivity index (χ1n) is 4.28. The van der Waals surface area contributed by atoms with Gasteiger partial charge in [0.2, 0.25) is 0 Å². The zero-order chi connectivity index (χ0) is 8.91. The molecule has 0 aromatic heterocycles. The summed E-state index contributed by atoms with van der Waals surface area (Å²) in [6.45, 7) is 2.78. The molecule has 0 heterocycles. The van der Waals surface area contributed by atoms with E-state index in [2.05, 4.69) is 6.92 Å². The number of carbonyl (C=O) groups excluding carboxylic acids is 1. The summed E-state index contributed by atoms with van der Waals surface area (Å²) in [6, 6.07) is 0. The van der Waals surface area contributed by atoms with Crippen LogP contribution in [0.1, 0.15) is 26.2 Å². The van der Waals surface area contributed by atoms with Crippen LogP contribution < -0.4 is 0 Å². The molecule has 0 saturated carbocycles. The molecule has 0 saturated heterocycles. The number of hydrogen-bond acceptors (Lipinski definition) is 2. The van der Waals surface area contributed by atoms with E-state index >= 15 is 0 Å². The molecule has 0 bridgehead atoms. The minimum absolute atomic E-state index is 0. The Morgan fingerprint density at radius 1 is 1.25 bits per heavy atom. The van der Waals surface area contributed by atoms with Crippen molar-refractivity contribution < 1.29 is 14.8 Å². The monoisotopic (exact) mass is 175 g/mol. The topological polar surface area (TPSA) is 47.1 Å². The fourth-order valence-electron chi connectivity index (χ4n) is 0.982. The van der Waals surface area contributed by atoms with E-state index in [1.807, 2.05) is 21.1 Å². The lowest BCUT2D eigenvalue weighted by Crippen LogP contribution is -2.39. The fourth-order valence-corrected chi connectivity index (χ4v) is 0.982. The Bertz CT molecular complexity index is 127. The van der Waals surface area contributed by atoms with Crippen LogP contribution in [0.3, 0.4) is 0 Å². The van der Waals surface area contributed by atoms with E-state index in [9.17, 15) is 4.79 Å². The molecule has 0 aliphatic carbocycles. The standard InChI is InChI=1S/C9H20NO.H2O/c1-5-6-7-9(11)8-10(2,3)4;/h5-8H2,1-4H3;1H2/q+1;/p-1. The van der Waals surface area contributed by atoms with Crippen LogP contribution in [0.5, 0.6) is 0 Å². The van der Waals surface area contributed by atoms with Gasteiger partial charge in [-0.25, -0.2) is 0 Å². The van der Waals surface area contributed by atoms with E-state index in [-0.39, 0.29) is 5.48 Å². The van der Waals surface area contributed by atoms with Gasteiger partial charge in [0.1, 0.15) is 6.54 Å². The maximum atomic E-state index is 11.2. The Morgan fingerprint density at radius 3 is 2.08 bits per heavy atom. The predicted molar refractivity (Wildman–Crippen MR) is 49.4 cm³/mol. The molecule has 0 spiro atoms. The first kappa shape index (κ1) is 14.1. The SMILES string of the molecule is CCCCC(=O)C[N+](C)(C)C.[OH-]. The van der Waals surface area contributed by atoms with Crippen molar-refractivity contribution in [3.8, 4) is 0 Å². The lowest BCUT2D eigenvalue weighted by Gasteiger charge is -2.22. The Balaban J connectivity index is 0. The summed E-state index contributed by atoms with van der Waals surface area (Å²) in [5.41, 5.74) is 0. The number of ketones is 1. The fraction of sp³-hybridized carbons (Fsp3) is 0.889. The third-order valence-corrected chi connectivity index (χ3v) is 1.46. The number of quaternary nitrogens is 1. The first-order valence-corrected chi connectivity index (χ1v) is 4.28. The van der Waals surface area contributed by atoms with Crippen LogP contribution >= 0.6 is 0 Å². The van der Waals surface area contributed by atoms with E-state index in [1.165, 1.54) is 0 Å². The summed E-state index contributed by atoms with van der Waals surface area (Å²) < 4.78 is 0.753. The molecule has 0 aromatic carbocycles. The highest BCUT2D eigenvalue weighted by molar-refractivity contribution is 5.79. The molecule has 1 N–H and O–H groups in total. The highest BCUT2D eigenvalue weighted by atomic mass is 16.1. The van der Waals surface area contributed by atoms with Crippen molar-refractivity contribution in [3.63, 3.8) is 0 Å². The van der Waals surface area contributed by atoms with Gasteiger partial charge in [0, 0.05) is 6.42 Å². The average molecular weight is 175 g/mol. The van der Waals surface area contributed by atoms with Crippen molar-refractivity contribution in [1.29, 1.82) is 0 Å². The van der Waals surface area contributed by atoms with Crippen LogP contribution in [0, 0.1) is 0 Å². The molecule has 0 aliphatic rings. The van der Waals surface area contributed by atoms with E-state index < -0.39 is 0 Å². The lowest BCUT2D eigenvalue weighted by atomic mass is 10.2. The number of carbonyl (C=O) groups is 1. The largest absolute Gasteiger partial charge is 0.870 e. The van der Waals surface area contributed by atoms with Gasteiger partial charge in [-0.15, -0.1) is 0 Å².